The lowest BCUT2D eigenvalue weighted by molar-refractivity contribution is -0.135. The Morgan fingerprint density at radius 3 is 2.46 bits per heavy atom. The van der Waals surface area contributed by atoms with Gasteiger partial charge in [0, 0.05) is 11.6 Å². The summed E-state index contributed by atoms with van der Waals surface area (Å²) in [6.07, 6.45) is 0.656. The number of carbonyl (C=O) groups excluding carboxylic acids is 1. The lowest BCUT2D eigenvalue weighted by atomic mass is 10.1. The zero-order valence-electron chi connectivity index (χ0n) is 12.9. The van der Waals surface area contributed by atoms with E-state index in [4.69, 9.17) is 19.7 Å². The van der Waals surface area contributed by atoms with E-state index in [1.54, 1.807) is 19.2 Å². The molecule has 0 aliphatic heterocycles. The molecule has 0 radical (unpaired) electrons. The molecule has 6 heteroatoms. The molecule has 0 amide bonds. The van der Waals surface area contributed by atoms with Crippen LogP contribution in [-0.4, -0.2) is 29.1 Å². The van der Waals surface area contributed by atoms with Crippen molar-refractivity contribution in [3.05, 3.63) is 71.5 Å². The number of carboxylic acid groups (broad SMARTS) is 1. The normalized spacial score (nSPS) is 11.0. The third-order valence-electron chi connectivity index (χ3n) is 3.15. The van der Waals surface area contributed by atoms with Crippen LogP contribution in [0.25, 0.3) is 0 Å². The van der Waals surface area contributed by atoms with Crippen molar-refractivity contribution in [1.29, 1.82) is 0 Å². The Kier molecular flexibility index (Phi) is 5.57. The van der Waals surface area contributed by atoms with Crippen molar-refractivity contribution < 1.29 is 29.3 Å². The van der Waals surface area contributed by atoms with Crippen molar-refractivity contribution in [3.63, 3.8) is 0 Å². The van der Waals surface area contributed by atoms with E-state index in [0.29, 0.717) is 17.6 Å². The van der Waals surface area contributed by atoms with E-state index in [9.17, 15) is 9.59 Å². The first kappa shape index (κ1) is 17.1. The fourth-order valence-corrected chi connectivity index (χ4v) is 1.94. The number of hydrogen-bond donors (Lipinski definition) is 2. The van der Waals surface area contributed by atoms with E-state index in [2.05, 4.69) is 0 Å². The van der Waals surface area contributed by atoms with E-state index >= 15 is 0 Å². The van der Waals surface area contributed by atoms with Crippen LogP contribution in [-0.2, 0) is 11.4 Å². The maximum Gasteiger partial charge on any atom is 0.371 e. The molecule has 0 saturated carbocycles. The molecule has 124 valence electrons. The molecule has 0 unspecified atom stereocenters. The van der Waals surface area contributed by atoms with Crippen LogP contribution in [0, 0.1) is 0 Å². The Balaban J connectivity index is 2.08. The number of aliphatic hydroxyl groups is 1. The van der Waals surface area contributed by atoms with Crippen molar-refractivity contribution in [2.24, 2.45) is 0 Å². The van der Waals surface area contributed by atoms with Crippen molar-refractivity contribution in [1.82, 2.24) is 0 Å². The summed E-state index contributed by atoms with van der Waals surface area (Å²) in [5, 5.41) is 17.7. The Hall–Kier alpha value is -3.28. The average molecular weight is 328 g/mol. The predicted octanol–water partition coefficient (Wildman–Crippen LogP) is 2.98. The van der Waals surface area contributed by atoms with Crippen LogP contribution in [0.1, 0.15) is 15.9 Å². The Bertz CT molecular complexity index is 779. The minimum Gasteiger partial charge on any atom is -0.502 e. The van der Waals surface area contributed by atoms with E-state index in [0.717, 1.165) is 5.56 Å². The Morgan fingerprint density at radius 2 is 1.75 bits per heavy atom. The van der Waals surface area contributed by atoms with Crippen LogP contribution < -0.4 is 9.47 Å². The standard InChI is InChI=1S/C18H16O6/c1-23-14-6-2-4-12(8-14)11-24-15-7-3-5-13(9-15)16(19)10-17(20)18(21)22/h2-10,20H,11H2,1H3,(H,21,22). The summed E-state index contributed by atoms with van der Waals surface area (Å²) in [4.78, 5) is 22.4. The van der Waals surface area contributed by atoms with E-state index in [1.165, 1.54) is 12.1 Å². The van der Waals surface area contributed by atoms with Crippen LogP contribution in [0.3, 0.4) is 0 Å². The number of aliphatic hydroxyl groups excluding tert-OH is 1. The zero-order valence-corrected chi connectivity index (χ0v) is 12.9. The Labute approximate surface area is 138 Å². The fraction of sp³-hybridized carbons (Fsp3) is 0.111. The number of hydrogen-bond acceptors (Lipinski definition) is 5. The van der Waals surface area contributed by atoms with Gasteiger partial charge in [-0.1, -0.05) is 24.3 Å². The molecule has 0 aliphatic rings. The highest BCUT2D eigenvalue weighted by Gasteiger charge is 2.10. The number of aliphatic carboxylic acids is 1. The number of carbonyl (C=O) groups is 2. The number of benzene rings is 2. The quantitative estimate of drug-likeness (QED) is 0.461. The second-order valence-electron chi connectivity index (χ2n) is 4.87. The lowest BCUT2D eigenvalue weighted by Gasteiger charge is -2.08. The van der Waals surface area contributed by atoms with E-state index in [-0.39, 0.29) is 12.2 Å². The summed E-state index contributed by atoms with van der Waals surface area (Å²) in [5.74, 6) is -2.03. The zero-order chi connectivity index (χ0) is 17.5. The first-order valence-corrected chi connectivity index (χ1v) is 7.03. The summed E-state index contributed by atoms with van der Waals surface area (Å²) in [7, 11) is 1.58. The van der Waals surface area contributed by atoms with Gasteiger partial charge in [0.25, 0.3) is 0 Å². The molecule has 6 nitrogen and oxygen atoms in total. The molecule has 24 heavy (non-hydrogen) atoms. The van der Waals surface area contributed by atoms with Gasteiger partial charge in [0.1, 0.15) is 18.1 Å². The molecule has 0 aliphatic carbocycles. The number of methoxy groups -OCH3 is 1. The molecular weight excluding hydrogens is 312 g/mol. The van der Waals surface area contributed by atoms with Gasteiger partial charge in [-0.2, -0.15) is 0 Å². The number of allylic oxidation sites excluding steroid dienone is 1. The molecule has 0 spiro atoms. The van der Waals surface area contributed by atoms with Gasteiger partial charge in [-0.3, -0.25) is 4.79 Å². The maximum absolute atomic E-state index is 11.9. The average Bonchev–Trinajstić information content (AvgIpc) is 2.60. The Morgan fingerprint density at radius 1 is 1.04 bits per heavy atom. The molecular formula is C18H16O6. The number of carboxylic acids is 1. The smallest absolute Gasteiger partial charge is 0.371 e. The molecule has 0 aromatic heterocycles. The highest BCUT2D eigenvalue weighted by atomic mass is 16.5. The van der Waals surface area contributed by atoms with Gasteiger partial charge in [0.2, 0.25) is 5.76 Å². The van der Waals surface area contributed by atoms with E-state index < -0.39 is 17.5 Å². The van der Waals surface area contributed by atoms with Crippen LogP contribution in [0.4, 0.5) is 0 Å². The monoisotopic (exact) mass is 328 g/mol. The topological polar surface area (TPSA) is 93.1 Å². The third-order valence-corrected chi connectivity index (χ3v) is 3.15. The fourth-order valence-electron chi connectivity index (χ4n) is 1.94. The summed E-state index contributed by atoms with van der Waals surface area (Å²) >= 11 is 0. The number of ether oxygens (including phenoxy) is 2. The second kappa shape index (κ2) is 7.82. The van der Waals surface area contributed by atoms with E-state index in [1.807, 2.05) is 24.3 Å². The SMILES string of the molecule is COc1cccc(COc2cccc(C(=O)C=C(O)C(=O)O)c2)c1. The van der Waals surface area contributed by atoms with Crippen LogP contribution >= 0.6 is 0 Å². The van der Waals surface area contributed by atoms with Gasteiger partial charge < -0.3 is 19.7 Å². The molecule has 0 fully saturated rings. The predicted molar refractivity (Wildman–Crippen MR) is 86.4 cm³/mol. The summed E-state index contributed by atoms with van der Waals surface area (Å²) < 4.78 is 10.8. The van der Waals surface area contributed by atoms with Crippen LogP contribution in [0.5, 0.6) is 11.5 Å². The molecule has 2 aromatic carbocycles. The summed E-state index contributed by atoms with van der Waals surface area (Å²) in [6, 6.07) is 13.7. The number of rotatable bonds is 7. The van der Waals surface area contributed by atoms with Gasteiger partial charge in [-0.15, -0.1) is 0 Å². The van der Waals surface area contributed by atoms with Crippen LogP contribution in [0.2, 0.25) is 0 Å². The van der Waals surface area contributed by atoms with Crippen molar-refractivity contribution in [2.75, 3.05) is 7.11 Å². The molecule has 2 N–H and O–H groups in total. The molecule has 0 atom stereocenters. The largest absolute Gasteiger partial charge is 0.502 e. The van der Waals surface area contributed by atoms with Crippen molar-refractivity contribution >= 4 is 11.8 Å². The van der Waals surface area contributed by atoms with Gasteiger partial charge in [0.15, 0.2) is 5.78 Å². The molecule has 0 heterocycles. The van der Waals surface area contributed by atoms with Crippen LogP contribution in [0.15, 0.2) is 60.4 Å². The molecule has 0 saturated heterocycles. The highest BCUT2D eigenvalue weighted by Crippen LogP contribution is 2.18. The second-order valence-corrected chi connectivity index (χ2v) is 4.87. The lowest BCUT2D eigenvalue weighted by Crippen LogP contribution is -2.04. The molecule has 2 rings (SSSR count). The van der Waals surface area contributed by atoms with Gasteiger partial charge in [-0.25, -0.2) is 4.79 Å². The third kappa shape index (κ3) is 4.61. The van der Waals surface area contributed by atoms with Crippen molar-refractivity contribution in [2.45, 2.75) is 6.61 Å². The summed E-state index contributed by atoms with van der Waals surface area (Å²) in [6.45, 7) is 0.283. The molecule has 0 bridgehead atoms. The first-order valence-electron chi connectivity index (χ1n) is 7.03. The first-order chi connectivity index (χ1) is 11.5. The van der Waals surface area contributed by atoms with Gasteiger partial charge >= 0.3 is 5.97 Å². The number of ketones is 1. The van der Waals surface area contributed by atoms with Crippen molar-refractivity contribution in [3.8, 4) is 11.5 Å². The minimum atomic E-state index is -1.56. The van der Waals surface area contributed by atoms with Gasteiger partial charge in [0.05, 0.1) is 7.11 Å². The summed E-state index contributed by atoms with van der Waals surface area (Å²) in [5.41, 5.74) is 1.11. The maximum atomic E-state index is 11.9. The van der Waals surface area contributed by atoms with Gasteiger partial charge in [-0.05, 0) is 29.8 Å². The minimum absolute atomic E-state index is 0.214. The molecule has 2 aromatic rings. The highest BCUT2D eigenvalue weighted by molar-refractivity contribution is 6.07.